The number of rotatable bonds is 3. The summed E-state index contributed by atoms with van der Waals surface area (Å²) in [6.45, 7) is 5.55. The van der Waals surface area contributed by atoms with Crippen LogP contribution in [-0.2, 0) is 9.47 Å². The van der Waals surface area contributed by atoms with Gasteiger partial charge in [0.15, 0.2) is 0 Å². The van der Waals surface area contributed by atoms with Crippen LogP contribution in [0.25, 0.3) is 0 Å². The molecule has 0 amide bonds. The van der Waals surface area contributed by atoms with Gasteiger partial charge in [-0.3, -0.25) is 0 Å². The van der Waals surface area contributed by atoms with Crippen molar-refractivity contribution in [3.05, 3.63) is 46.7 Å². The van der Waals surface area contributed by atoms with Crippen molar-refractivity contribution in [2.45, 2.75) is 6.10 Å². The van der Waals surface area contributed by atoms with Crippen LogP contribution >= 0.6 is 15.9 Å². The maximum Gasteiger partial charge on any atom is 0.134 e. The van der Waals surface area contributed by atoms with Gasteiger partial charge in [-0.05, 0) is 11.6 Å². The third-order valence-electron chi connectivity index (χ3n) is 4.62. The second kappa shape index (κ2) is 7.68. The molecule has 6 nitrogen and oxygen atoms in total. The number of hydrogen-bond acceptors (Lipinski definition) is 6. The molecule has 2 saturated heterocycles. The second-order valence-electron chi connectivity index (χ2n) is 6.16. The summed E-state index contributed by atoms with van der Waals surface area (Å²) in [7, 11) is 0. The summed E-state index contributed by atoms with van der Waals surface area (Å²) in [5.74, 6) is 1.93. The van der Waals surface area contributed by atoms with Crippen LogP contribution < -0.4 is 9.80 Å². The normalized spacial score (nSPS) is 21.4. The molecule has 1 aromatic heterocycles. The number of ether oxygens (including phenoxy) is 2. The summed E-state index contributed by atoms with van der Waals surface area (Å²) >= 11 is 3.63. The van der Waals surface area contributed by atoms with E-state index in [4.69, 9.17) is 9.47 Å². The van der Waals surface area contributed by atoms with Crippen LogP contribution in [-0.4, -0.2) is 56.0 Å². The molecule has 0 spiro atoms. The lowest BCUT2D eigenvalue weighted by Crippen LogP contribution is -2.40. The van der Waals surface area contributed by atoms with Crippen molar-refractivity contribution in [3.63, 3.8) is 0 Å². The lowest BCUT2D eigenvalue weighted by Gasteiger charge is -2.35. The van der Waals surface area contributed by atoms with Crippen LogP contribution in [0.2, 0.25) is 0 Å². The highest BCUT2D eigenvalue weighted by molar-refractivity contribution is 9.10. The Hall–Kier alpha value is -1.70. The Labute approximate surface area is 155 Å². The third-order valence-corrected chi connectivity index (χ3v) is 5.34. The molecule has 3 heterocycles. The van der Waals surface area contributed by atoms with Gasteiger partial charge in [0, 0.05) is 36.7 Å². The van der Waals surface area contributed by atoms with Crippen LogP contribution in [0.3, 0.4) is 0 Å². The highest BCUT2D eigenvalue weighted by Crippen LogP contribution is 2.30. The van der Waals surface area contributed by atoms with E-state index >= 15 is 0 Å². The summed E-state index contributed by atoms with van der Waals surface area (Å²) in [6, 6.07) is 10.3. The fraction of sp³-hybridized carbons (Fsp3) is 0.444. The minimum Gasteiger partial charge on any atom is -0.378 e. The van der Waals surface area contributed by atoms with E-state index < -0.39 is 0 Å². The highest BCUT2D eigenvalue weighted by Gasteiger charge is 2.25. The van der Waals surface area contributed by atoms with Crippen LogP contribution in [0.15, 0.2) is 41.1 Å². The molecule has 2 fully saturated rings. The summed E-state index contributed by atoms with van der Waals surface area (Å²) in [6.07, 6.45) is 1.69. The molecule has 2 aliphatic rings. The molecule has 2 aliphatic heterocycles. The monoisotopic (exact) mass is 404 g/mol. The third kappa shape index (κ3) is 3.78. The number of aromatic nitrogens is 2. The first-order valence-corrected chi connectivity index (χ1v) is 9.36. The van der Waals surface area contributed by atoms with Crippen LogP contribution in [0.5, 0.6) is 0 Å². The summed E-state index contributed by atoms with van der Waals surface area (Å²) < 4.78 is 12.5. The molecular weight excluding hydrogens is 384 g/mol. The quantitative estimate of drug-likeness (QED) is 0.783. The zero-order valence-electron chi connectivity index (χ0n) is 14.0. The lowest BCUT2D eigenvalue weighted by atomic mass is 10.1. The maximum atomic E-state index is 6.00. The maximum absolute atomic E-state index is 6.00. The Morgan fingerprint density at radius 3 is 2.48 bits per heavy atom. The number of anilines is 2. The lowest BCUT2D eigenvalue weighted by molar-refractivity contribution is 0.0391. The zero-order valence-corrected chi connectivity index (χ0v) is 15.6. The van der Waals surface area contributed by atoms with Crippen molar-refractivity contribution < 1.29 is 9.47 Å². The number of benzene rings is 1. The van der Waals surface area contributed by atoms with Crippen molar-refractivity contribution in [2.75, 3.05) is 55.8 Å². The second-order valence-corrected chi connectivity index (χ2v) is 7.02. The molecule has 0 saturated carbocycles. The first kappa shape index (κ1) is 16.8. The number of halogens is 1. The average Bonchev–Trinajstić information content (AvgIpc) is 2.69. The Morgan fingerprint density at radius 2 is 1.68 bits per heavy atom. The molecule has 1 unspecified atom stereocenters. The highest BCUT2D eigenvalue weighted by atomic mass is 79.9. The summed E-state index contributed by atoms with van der Waals surface area (Å²) in [4.78, 5) is 13.5. The topological polar surface area (TPSA) is 50.7 Å². The molecule has 25 heavy (non-hydrogen) atoms. The van der Waals surface area contributed by atoms with E-state index in [1.54, 1.807) is 6.33 Å². The van der Waals surface area contributed by atoms with E-state index in [0.29, 0.717) is 6.61 Å². The molecule has 7 heteroatoms. The van der Waals surface area contributed by atoms with E-state index in [9.17, 15) is 0 Å². The van der Waals surface area contributed by atoms with Gasteiger partial charge in [0.05, 0.1) is 19.8 Å². The standard InChI is InChI=1S/C18H21BrN4O2/c19-15-4-2-1-3-14(15)16-12-23(7-10-25-16)18-11-17(20-13-21-18)22-5-8-24-9-6-22/h1-4,11,13,16H,5-10,12H2. The van der Waals surface area contributed by atoms with Gasteiger partial charge in [0.2, 0.25) is 0 Å². The largest absolute Gasteiger partial charge is 0.378 e. The molecule has 1 aromatic carbocycles. The Balaban J connectivity index is 1.52. The van der Waals surface area contributed by atoms with Gasteiger partial charge in [-0.15, -0.1) is 0 Å². The molecule has 2 aromatic rings. The molecular formula is C18H21BrN4O2. The van der Waals surface area contributed by atoms with E-state index in [1.807, 2.05) is 12.1 Å². The van der Waals surface area contributed by atoms with Crippen molar-refractivity contribution in [2.24, 2.45) is 0 Å². The van der Waals surface area contributed by atoms with Gasteiger partial charge in [0.25, 0.3) is 0 Å². The smallest absolute Gasteiger partial charge is 0.134 e. The Kier molecular flexibility index (Phi) is 5.14. The first-order valence-electron chi connectivity index (χ1n) is 8.57. The van der Waals surface area contributed by atoms with E-state index in [0.717, 1.165) is 55.5 Å². The SMILES string of the molecule is Brc1ccccc1C1CN(c2cc(N3CCOCC3)ncn2)CCO1. The molecule has 1 atom stereocenters. The van der Waals surface area contributed by atoms with Gasteiger partial charge < -0.3 is 19.3 Å². The predicted molar refractivity (Wildman–Crippen MR) is 100 cm³/mol. The van der Waals surface area contributed by atoms with Gasteiger partial charge in [-0.25, -0.2) is 9.97 Å². The van der Waals surface area contributed by atoms with E-state index in [-0.39, 0.29) is 6.10 Å². The molecule has 4 rings (SSSR count). The van der Waals surface area contributed by atoms with E-state index in [1.165, 1.54) is 5.56 Å². The fourth-order valence-electron chi connectivity index (χ4n) is 3.26. The van der Waals surface area contributed by atoms with Crippen molar-refractivity contribution in [1.29, 1.82) is 0 Å². The minimum atomic E-state index is 0.0335. The molecule has 0 aliphatic carbocycles. The van der Waals surface area contributed by atoms with Crippen LogP contribution in [0.1, 0.15) is 11.7 Å². The summed E-state index contributed by atoms with van der Waals surface area (Å²) in [5, 5.41) is 0. The van der Waals surface area contributed by atoms with Gasteiger partial charge >= 0.3 is 0 Å². The predicted octanol–water partition coefficient (Wildman–Crippen LogP) is 2.65. The zero-order chi connectivity index (χ0) is 17.1. The van der Waals surface area contributed by atoms with Gasteiger partial charge in [-0.2, -0.15) is 0 Å². The number of hydrogen-bond donors (Lipinski definition) is 0. The first-order chi connectivity index (χ1) is 12.3. The van der Waals surface area contributed by atoms with E-state index in [2.05, 4.69) is 53.9 Å². The van der Waals surface area contributed by atoms with Crippen LogP contribution in [0, 0.1) is 0 Å². The van der Waals surface area contributed by atoms with Crippen molar-refractivity contribution in [1.82, 2.24) is 9.97 Å². The average molecular weight is 405 g/mol. The summed E-state index contributed by atoms with van der Waals surface area (Å²) in [5.41, 5.74) is 1.18. The number of nitrogens with zero attached hydrogens (tertiary/aromatic N) is 4. The molecule has 0 radical (unpaired) electrons. The van der Waals surface area contributed by atoms with Gasteiger partial charge in [-0.1, -0.05) is 34.1 Å². The minimum absolute atomic E-state index is 0.0335. The fourth-order valence-corrected chi connectivity index (χ4v) is 3.80. The molecule has 0 N–H and O–H groups in total. The number of morpholine rings is 2. The van der Waals surface area contributed by atoms with Crippen LogP contribution in [0.4, 0.5) is 11.6 Å². The van der Waals surface area contributed by atoms with Gasteiger partial charge in [0.1, 0.15) is 24.1 Å². The Bertz CT molecular complexity index is 724. The molecule has 132 valence electrons. The molecule has 0 bridgehead atoms. The Morgan fingerprint density at radius 1 is 0.960 bits per heavy atom. The van der Waals surface area contributed by atoms with Crippen molar-refractivity contribution >= 4 is 27.6 Å². The van der Waals surface area contributed by atoms with Crippen molar-refractivity contribution in [3.8, 4) is 0 Å².